The van der Waals surface area contributed by atoms with Crippen LogP contribution >= 0.6 is 0 Å². The van der Waals surface area contributed by atoms with Gasteiger partial charge in [0.2, 0.25) is 0 Å². The van der Waals surface area contributed by atoms with Crippen LogP contribution in [0.25, 0.3) is 11.1 Å². The maximum Gasteiger partial charge on any atom is 0.138 e. The number of halogens is 1. The molecule has 2 nitrogen and oxygen atoms in total. The highest BCUT2D eigenvalue weighted by Crippen LogP contribution is 2.27. The molecule has 0 unspecified atom stereocenters. The van der Waals surface area contributed by atoms with Crippen molar-refractivity contribution >= 4 is 5.69 Å². The van der Waals surface area contributed by atoms with Crippen molar-refractivity contribution in [2.24, 2.45) is 0 Å². The monoisotopic (exact) mass is 203 g/mol. The third kappa shape index (κ3) is 1.91. The fourth-order valence-corrected chi connectivity index (χ4v) is 1.38. The van der Waals surface area contributed by atoms with E-state index in [-0.39, 0.29) is 11.6 Å². The van der Waals surface area contributed by atoms with Crippen molar-refractivity contribution in [2.45, 2.75) is 0 Å². The van der Waals surface area contributed by atoms with Gasteiger partial charge >= 0.3 is 0 Å². The molecule has 0 saturated carbocycles. The number of benzene rings is 2. The van der Waals surface area contributed by atoms with Crippen LogP contribution in [-0.4, -0.2) is 5.11 Å². The molecule has 0 saturated heterocycles. The molecule has 0 heterocycles. The first-order chi connectivity index (χ1) is 7.16. The van der Waals surface area contributed by atoms with Crippen molar-refractivity contribution in [2.75, 3.05) is 5.73 Å². The summed E-state index contributed by atoms with van der Waals surface area (Å²) in [7, 11) is 0. The van der Waals surface area contributed by atoms with E-state index in [1.807, 2.05) is 0 Å². The van der Waals surface area contributed by atoms with Gasteiger partial charge in [-0.3, -0.25) is 0 Å². The zero-order valence-corrected chi connectivity index (χ0v) is 7.94. The Bertz CT molecular complexity index is 479. The van der Waals surface area contributed by atoms with Crippen LogP contribution in [0.5, 0.6) is 5.75 Å². The Hall–Kier alpha value is -2.03. The average molecular weight is 203 g/mol. The number of hydrogen-bond donors (Lipinski definition) is 2. The van der Waals surface area contributed by atoms with E-state index in [9.17, 15) is 9.50 Å². The first kappa shape index (κ1) is 9.52. The van der Waals surface area contributed by atoms with Gasteiger partial charge in [0.15, 0.2) is 0 Å². The summed E-state index contributed by atoms with van der Waals surface area (Å²) in [6.07, 6.45) is 0. The molecule has 2 aromatic rings. The van der Waals surface area contributed by atoms with Gasteiger partial charge in [-0.05, 0) is 35.4 Å². The van der Waals surface area contributed by atoms with E-state index in [0.29, 0.717) is 5.69 Å². The number of hydrogen-bond acceptors (Lipinski definition) is 2. The summed E-state index contributed by atoms with van der Waals surface area (Å²) in [4.78, 5) is 0. The first-order valence-electron chi connectivity index (χ1n) is 4.51. The summed E-state index contributed by atoms with van der Waals surface area (Å²) < 4.78 is 12.7. The fourth-order valence-electron chi connectivity index (χ4n) is 1.38. The Balaban J connectivity index is 2.45. The number of aromatic hydroxyl groups is 1. The second-order valence-corrected chi connectivity index (χ2v) is 3.28. The molecule has 15 heavy (non-hydrogen) atoms. The van der Waals surface area contributed by atoms with Crippen LogP contribution in [0.1, 0.15) is 0 Å². The Morgan fingerprint density at radius 2 is 1.53 bits per heavy atom. The van der Waals surface area contributed by atoms with Crippen LogP contribution in [0.2, 0.25) is 0 Å². The van der Waals surface area contributed by atoms with E-state index in [1.54, 1.807) is 24.3 Å². The second kappa shape index (κ2) is 3.61. The van der Waals surface area contributed by atoms with E-state index in [4.69, 9.17) is 5.73 Å². The van der Waals surface area contributed by atoms with Gasteiger partial charge in [0.25, 0.3) is 0 Å². The maximum atomic E-state index is 12.7. The Labute approximate surface area is 86.8 Å². The third-order valence-electron chi connectivity index (χ3n) is 2.21. The van der Waals surface area contributed by atoms with E-state index in [1.165, 1.54) is 18.2 Å². The summed E-state index contributed by atoms with van der Waals surface area (Å²) >= 11 is 0. The minimum absolute atomic E-state index is 0.0564. The van der Waals surface area contributed by atoms with Crippen LogP contribution < -0.4 is 5.73 Å². The summed E-state index contributed by atoms with van der Waals surface area (Å²) in [5.74, 6) is -0.216. The Kier molecular flexibility index (Phi) is 2.29. The van der Waals surface area contributed by atoms with Crippen molar-refractivity contribution in [3.8, 4) is 16.9 Å². The second-order valence-electron chi connectivity index (χ2n) is 3.28. The lowest BCUT2D eigenvalue weighted by Crippen LogP contribution is -1.86. The molecule has 3 N–H and O–H groups in total. The minimum atomic E-state index is -0.273. The molecule has 0 aliphatic rings. The zero-order chi connectivity index (χ0) is 10.8. The van der Waals surface area contributed by atoms with Crippen LogP contribution in [-0.2, 0) is 0 Å². The standard InChI is InChI=1S/C12H10FNO/c13-10-4-1-8(2-5-10)9-3-6-12(15)11(14)7-9/h1-7,15H,14H2. The van der Waals surface area contributed by atoms with Gasteiger partial charge in [-0.25, -0.2) is 4.39 Å². The first-order valence-corrected chi connectivity index (χ1v) is 4.51. The summed E-state index contributed by atoms with van der Waals surface area (Å²) in [6, 6.07) is 11.0. The molecule has 0 fully saturated rings. The Morgan fingerprint density at radius 3 is 2.13 bits per heavy atom. The number of nitrogen functional groups attached to an aromatic ring is 1. The molecule has 2 rings (SSSR count). The molecule has 2 aromatic carbocycles. The highest BCUT2D eigenvalue weighted by atomic mass is 19.1. The highest BCUT2D eigenvalue weighted by Gasteiger charge is 2.01. The molecule has 0 aliphatic heterocycles. The Morgan fingerprint density at radius 1 is 0.933 bits per heavy atom. The zero-order valence-electron chi connectivity index (χ0n) is 7.94. The predicted octanol–water partition coefficient (Wildman–Crippen LogP) is 2.78. The van der Waals surface area contributed by atoms with Crippen molar-refractivity contribution in [3.63, 3.8) is 0 Å². The molecule has 76 valence electrons. The van der Waals surface area contributed by atoms with Gasteiger partial charge in [0, 0.05) is 0 Å². The molecule has 0 radical (unpaired) electrons. The molecule has 0 spiro atoms. The van der Waals surface area contributed by atoms with Gasteiger partial charge < -0.3 is 10.8 Å². The predicted molar refractivity (Wildman–Crippen MR) is 57.9 cm³/mol. The molecule has 3 heteroatoms. The molecular weight excluding hydrogens is 193 g/mol. The molecule has 0 atom stereocenters. The van der Waals surface area contributed by atoms with Gasteiger partial charge in [0.1, 0.15) is 11.6 Å². The maximum absolute atomic E-state index is 12.7. The van der Waals surface area contributed by atoms with E-state index in [2.05, 4.69) is 0 Å². The highest BCUT2D eigenvalue weighted by molar-refractivity contribution is 5.70. The van der Waals surface area contributed by atoms with E-state index in [0.717, 1.165) is 11.1 Å². The summed E-state index contributed by atoms with van der Waals surface area (Å²) in [6.45, 7) is 0. The number of phenols is 1. The molecule has 0 amide bonds. The lowest BCUT2D eigenvalue weighted by molar-refractivity contribution is 0.478. The SMILES string of the molecule is Nc1cc(-c2ccc(F)cc2)ccc1O. The number of phenolic OH excluding ortho intramolecular Hbond substituents is 1. The van der Waals surface area contributed by atoms with Gasteiger partial charge in [0.05, 0.1) is 5.69 Å². The van der Waals surface area contributed by atoms with E-state index >= 15 is 0 Å². The summed E-state index contributed by atoms with van der Waals surface area (Å²) in [5, 5.41) is 9.25. The molecule has 0 aromatic heterocycles. The normalized spacial score (nSPS) is 10.2. The van der Waals surface area contributed by atoms with Crippen molar-refractivity contribution < 1.29 is 9.50 Å². The number of rotatable bonds is 1. The molecule has 0 aliphatic carbocycles. The van der Waals surface area contributed by atoms with Crippen LogP contribution in [0, 0.1) is 5.82 Å². The molecular formula is C12H10FNO. The number of anilines is 1. The van der Waals surface area contributed by atoms with Gasteiger partial charge in [-0.1, -0.05) is 18.2 Å². The third-order valence-corrected chi connectivity index (χ3v) is 2.21. The average Bonchev–Trinajstić information content (AvgIpc) is 2.23. The molecule has 0 bridgehead atoms. The van der Waals surface area contributed by atoms with Crippen molar-refractivity contribution in [1.29, 1.82) is 0 Å². The number of nitrogens with two attached hydrogens (primary N) is 1. The van der Waals surface area contributed by atoms with Crippen LogP contribution in [0.3, 0.4) is 0 Å². The largest absolute Gasteiger partial charge is 0.506 e. The lowest BCUT2D eigenvalue weighted by Gasteiger charge is -2.04. The van der Waals surface area contributed by atoms with Crippen LogP contribution in [0.4, 0.5) is 10.1 Å². The lowest BCUT2D eigenvalue weighted by atomic mass is 10.0. The topological polar surface area (TPSA) is 46.2 Å². The van der Waals surface area contributed by atoms with Crippen LogP contribution in [0.15, 0.2) is 42.5 Å². The fraction of sp³-hybridized carbons (Fsp3) is 0. The van der Waals surface area contributed by atoms with Crippen molar-refractivity contribution in [3.05, 3.63) is 48.3 Å². The van der Waals surface area contributed by atoms with Gasteiger partial charge in [-0.15, -0.1) is 0 Å². The summed E-state index contributed by atoms with van der Waals surface area (Å²) in [5.41, 5.74) is 7.60. The minimum Gasteiger partial charge on any atom is -0.506 e. The smallest absolute Gasteiger partial charge is 0.138 e. The van der Waals surface area contributed by atoms with Crippen molar-refractivity contribution in [1.82, 2.24) is 0 Å². The van der Waals surface area contributed by atoms with Gasteiger partial charge in [-0.2, -0.15) is 0 Å². The van der Waals surface area contributed by atoms with E-state index < -0.39 is 0 Å². The quantitative estimate of drug-likeness (QED) is 0.553.